The highest BCUT2D eigenvalue weighted by Gasteiger charge is 2.49. The molecule has 11 nitrogen and oxygen atoms in total. The summed E-state index contributed by atoms with van der Waals surface area (Å²) in [5.74, 6) is -0.641. The largest absolute Gasteiger partial charge is 0.463 e. The van der Waals surface area contributed by atoms with Crippen LogP contribution < -0.4 is 0 Å². The molecule has 2 rings (SSSR count). The topological polar surface area (TPSA) is 175 Å². The Morgan fingerprint density at radius 2 is 1.56 bits per heavy atom. The van der Waals surface area contributed by atoms with Crippen LogP contribution in [0.5, 0.6) is 0 Å². The first-order valence-corrected chi connectivity index (χ1v) is 7.81. The van der Waals surface area contributed by atoms with Gasteiger partial charge in [-0.1, -0.05) is 0 Å². The van der Waals surface area contributed by atoms with Crippen molar-refractivity contribution < 1.29 is 54.4 Å². The molecule has 2 heterocycles. The summed E-state index contributed by atoms with van der Waals surface area (Å²) in [6.07, 6.45) is -14.6. The first-order chi connectivity index (χ1) is 11.6. The van der Waals surface area contributed by atoms with Gasteiger partial charge >= 0.3 is 5.97 Å². The van der Waals surface area contributed by atoms with Gasteiger partial charge in [-0.25, -0.2) is 0 Å². The average molecular weight is 368 g/mol. The number of aliphatic hydroxyl groups is 6. The third kappa shape index (κ3) is 4.45. The Kier molecular flexibility index (Phi) is 6.70. The normalized spacial score (nSPS) is 48.2. The van der Waals surface area contributed by atoms with Crippen LogP contribution in [-0.2, 0) is 23.7 Å². The summed E-state index contributed by atoms with van der Waals surface area (Å²) in [6.45, 7) is 2.17. The molecule has 0 bridgehead atoms. The van der Waals surface area contributed by atoms with Gasteiger partial charge < -0.3 is 49.6 Å². The van der Waals surface area contributed by atoms with Crippen LogP contribution in [0, 0.1) is 0 Å². The minimum absolute atomic E-state index is 0.411. The summed E-state index contributed by atoms with van der Waals surface area (Å²) in [6, 6.07) is 0. The number of carbonyl (C=O) groups excluding carboxylic acids is 1. The highest BCUT2D eigenvalue weighted by Crippen LogP contribution is 2.28. The molecular formula is C14H24O11. The summed E-state index contributed by atoms with van der Waals surface area (Å²) in [7, 11) is 0. The lowest BCUT2D eigenvalue weighted by molar-refractivity contribution is -0.359. The maximum Gasteiger partial charge on any atom is 0.302 e. The lowest BCUT2D eigenvalue weighted by Crippen LogP contribution is -2.63. The predicted octanol–water partition coefficient (Wildman–Crippen LogP) is -3.80. The van der Waals surface area contributed by atoms with Crippen LogP contribution >= 0.6 is 0 Å². The van der Waals surface area contributed by atoms with E-state index < -0.39 is 74.0 Å². The molecule has 0 spiro atoms. The van der Waals surface area contributed by atoms with Crippen LogP contribution in [0.4, 0.5) is 0 Å². The molecule has 11 heteroatoms. The van der Waals surface area contributed by atoms with Gasteiger partial charge in [-0.05, 0) is 6.92 Å². The molecule has 146 valence electrons. The molecule has 0 amide bonds. The van der Waals surface area contributed by atoms with E-state index in [1.165, 1.54) is 6.92 Å². The number of hydrogen-bond acceptors (Lipinski definition) is 11. The molecule has 6 N–H and O–H groups in total. The molecule has 2 fully saturated rings. The number of ether oxygens (including phenoxy) is 4. The fourth-order valence-corrected chi connectivity index (χ4v) is 2.69. The maximum atomic E-state index is 10.9. The summed E-state index contributed by atoms with van der Waals surface area (Å²) < 4.78 is 20.3. The van der Waals surface area contributed by atoms with Crippen molar-refractivity contribution in [1.29, 1.82) is 0 Å². The lowest BCUT2D eigenvalue weighted by Gasteiger charge is -2.44. The minimum atomic E-state index is -1.72. The van der Waals surface area contributed by atoms with E-state index in [1.807, 2.05) is 0 Å². The highest BCUT2D eigenvalue weighted by atomic mass is 16.7. The fourth-order valence-electron chi connectivity index (χ4n) is 2.69. The first-order valence-electron chi connectivity index (χ1n) is 7.81. The van der Waals surface area contributed by atoms with Crippen LogP contribution in [0.25, 0.3) is 0 Å². The quantitative estimate of drug-likeness (QED) is 0.268. The van der Waals surface area contributed by atoms with E-state index >= 15 is 0 Å². The molecule has 25 heavy (non-hydrogen) atoms. The third-order valence-electron chi connectivity index (χ3n) is 4.21. The van der Waals surface area contributed by atoms with E-state index in [0.717, 1.165) is 6.92 Å². The molecule has 0 aromatic heterocycles. The maximum absolute atomic E-state index is 10.9. The van der Waals surface area contributed by atoms with E-state index in [2.05, 4.69) is 0 Å². The van der Waals surface area contributed by atoms with Crippen LogP contribution in [0.15, 0.2) is 0 Å². The van der Waals surface area contributed by atoms with E-state index in [-0.39, 0.29) is 0 Å². The number of hydrogen-bond donors (Lipinski definition) is 6. The van der Waals surface area contributed by atoms with E-state index in [0.29, 0.717) is 0 Å². The van der Waals surface area contributed by atoms with Gasteiger partial charge in [-0.2, -0.15) is 0 Å². The Balaban J connectivity index is 2.07. The van der Waals surface area contributed by atoms with Crippen molar-refractivity contribution in [2.75, 3.05) is 6.61 Å². The SMILES string of the molecule is CC(=O)OC[C@H]1O[C@@H](O[C@@H]2[C@H](O)[C@@H](O)[C@H](C)O[C@H]2O)[C@H](O)[C@@H](O)[C@H]1O. The van der Waals surface area contributed by atoms with Crippen molar-refractivity contribution in [3.8, 4) is 0 Å². The van der Waals surface area contributed by atoms with Crippen molar-refractivity contribution in [3.63, 3.8) is 0 Å². The van der Waals surface area contributed by atoms with Gasteiger partial charge in [0, 0.05) is 6.92 Å². The molecule has 2 aliphatic rings. The standard InChI is InChI=1S/C14H24O11/c1-4-7(16)10(19)12(13(21)23-4)25-14-11(20)9(18)8(17)6(24-14)3-22-5(2)15/h4,6-14,16-21H,3H2,1-2H3/t4-,6+,7-,8-,9-,10+,11+,12+,13+,14-/m0/s1. The Morgan fingerprint density at radius 1 is 0.920 bits per heavy atom. The van der Waals surface area contributed by atoms with E-state index in [4.69, 9.17) is 18.9 Å². The smallest absolute Gasteiger partial charge is 0.302 e. The molecule has 2 saturated heterocycles. The molecule has 0 aromatic rings. The van der Waals surface area contributed by atoms with Gasteiger partial charge in [0.15, 0.2) is 12.6 Å². The molecule has 0 saturated carbocycles. The van der Waals surface area contributed by atoms with Gasteiger partial charge in [-0.3, -0.25) is 4.79 Å². The number of carbonyl (C=O) groups is 1. The van der Waals surface area contributed by atoms with Crippen molar-refractivity contribution in [1.82, 2.24) is 0 Å². The highest BCUT2D eigenvalue weighted by molar-refractivity contribution is 5.65. The van der Waals surface area contributed by atoms with Crippen molar-refractivity contribution >= 4 is 5.97 Å². The zero-order valence-corrected chi connectivity index (χ0v) is 13.7. The van der Waals surface area contributed by atoms with Gasteiger partial charge in [0.25, 0.3) is 0 Å². The second kappa shape index (κ2) is 8.20. The van der Waals surface area contributed by atoms with E-state index in [1.54, 1.807) is 0 Å². The molecule has 10 atom stereocenters. The molecule has 0 aliphatic carbocycles. The Bertz CT molecular complexity index is 460. The Labute approximate surface area is 143 Å². The van der Waals surface area contributed by atoms with Crippen LogP contribution in [0.2, 0.25) is 0 Å². The zero-order valence-electron chi connectivity index (χ0n) is 13.7. The summed E-state index contributed by atoms with van der Waals surface area (Å²) in [5, 5.41) is 59.5. The molecule has 2 aliphatic heterocycles. The van der Waals surface area contributed by atoms with Crippen molar-refractivity contribution in [2.45, 2.75) is 75.3 Å². The van der Waals surface area contributed by atoms with Gasteiger partial charge in [-0.15, -0.1) is 0 Å². The van der Waals surface area contributed by atoms with Crippen LogP contribution in [0.3, 0.4) is 0 Å². The second-order valence-electron chi connectivity index (χ2n) is 6.13. The zero-order chi connectivity index (χ0) is 18.9. The first kappa shape index (κ1) is 20.4. The number of esters is 1. The summed E-state index contributed by atoms with van der Waals surface area (Å²) in [5.41, 5.74) is 0. The van der Waals surface area contributed by atoms with Gasteiger partial charge in [0.1, 0.15) is 49.3 Å². The van der Waals surface area contributed by atoms with Gasteiger partial charge in [0.2, 0.25) is 0 Å². The van der Waals surface area contributed by atoms with Crippen LogP contribution in [-0.4, -0.2) is 105 Å². The van der Waals surface area contributed by atoms with E-state index in [9.17, 15) is 35.4 Å². The summed E-state index contributed by atoms with van der Waals surface area (Å²) >= 11 is 0. The third-order valence-corrected chi connectivity index (χ3v) is 4.21. The van der Waals surface area contributed by atoms with Gasteiger partial charge in [0.05, 0.1) is 6.10 Å². The minimum Gasteiger partial charge on any atom is -0.463 e. The Hall–Kier alpha value is -0.890. The van der Waals surface area contributed by atoms with Crippen molar-refractivity contribution in [2.24, 2.45) is 0 Å². The molecule has 0 aromatic carbocycles. The lowest BCUT2D eigenvalue weighted by atomic mass is 9.97. The van der Waals surface area contributed by atoms with Crippen LogP contribution in [0.1, 0.15) is 13.8 Å². The predicted molar refractivity (Wildman–Crippen MR) is 76.8 cm³/mol. The van der Waals surface area contributed by atoms with Crippen molar-refractivity contribution in [3.05, 3.63) is 0 Å². The fraction of sp³-hybridized carbons (Fsp3) is 0.929. The summed E-state index contributed by atoms with van der Waals surface area (Å²) in [4.78, 5) is 10.9. The number of rotatable bonds is 4. The molecular weight excluding hydrogens is 344 g/mol. The number of aliphatic hydroxyl groups excluding tert-OH is 6. The Morgan fingerprint density at radius 3 is 2.16 bits per heavy atom. The molecule has 0 unspecified atom stereocenters. The average Bonchev–Trinajstić information content (AvgIpc) is 2.55. The monoisotopic (exact) mass is 368 g/mol. The molecule has 0 radical (unpaired) electrons. The second-order valence-corrected chi connectivity index (χ2v) is 6.13.